The molecule has 0 saturated carbocycles. The lowest BCUT2D eigenvalue weighted by Crippen LogP contribution is -1.94. The SMILES string of the molecule is CC#CCCC(=O)CCC. The van der Waals surface area contributed by atoms with Crippen LogP contribution < -0.4 is 0 Å². The van der Waals surface area contributed by atoms with Crippen molar-refractivity contribution in [2.45, 2.75) is 39.5 Å². The molecular formula is C9H14O. The van der Waals surface area contributed by atoms with Crippen LogP contribution in [0.3, 0.4) is 0 Å². The fraction of sp³-hybridized carbons (Fsp3) is 0.667. The minimum absolute atomic E-state index is 0.338. The Morgan fingerprint density at radius 2 is 2.10 bits per heavy atom. The molecule has 0 unspecified atom stereocenters. The van der Waals surface area contributed by atoms with Crippen molar-refractivity contribution in [3.8, 4) is 11.8 Å². The first-order chi connectivity index (χ1) is 4.81. The lowest BCUT2D eigenvalue weighted by atomic mass is 10.1. The minimum atomic E-state index is 0.338. The maximum Gasteiger partial charge on any atom is 0.133 e. The van der Waals surface area contributed by atoms with E-state index in [0.29, 0.717) is 18.6 Å². The van der Waals surface area contributed by atoms with Crippen molar-refractivity contribution in [1.29, 1.82) is 0 Å². The molecule has 56 valence electrons. The molecule has 0 aliphatic carbocycles. The highest BCUT2D eigenvalue weighted by Crippen LogP contribution is 1.96. The minimum Gasteiger partial charge on any atom is -0.300 e. The van der Waals surface area contributed by atoms with E-state index in [0.717, 1.165) is 12.8 Å². The van der Waals surface area contributed by atoms with Crippen LogP contribution in [-0.2, 0) is 4.79 Å². The Morgan fingerprint density at radius 3 is 2.60 bits per heavy atom. The monoisotopic (exact) mass is 138 g/mol. The van der Waals surface area contributed by atoms with Crippen LogP contribution in [0.2, 0.25) is 0 Å². The summed E-state index contributed by atoms with van der Waals surface area (Å²) in [7, 11) is 0. The van der Waals surface area contributed by atoms with Crippen molar-refractivity contribution in [1.82, 2.24) is 0 Å². The van der Waals surface area contributed by atoms with E-state index in [2.05, 4.69) is 11.8 Å². The topological polar surface area (TPSA) is 17.1 Å². The fourth-order valence-electron chi connectivity index (χ4n) is 0.731. The Balaban J connectivity index is 3.27. The molecule has 1 nitrogen and oxygen atoms in total. The molecular weight excluding hydrogens is 124 g/mol. The summed E-state index contributed by atoms with van der Waals surface area (Å²) >= 11 is 0. The summed E-state index contributed by atoms with van der Waals surface area (Å²) in [5, 5.41) is 0. The quantitative estimate of drug-likeness (QED) is 0.544. The van der Waals surface area contributed by atoms with E-state index < -0.39 is 0 Å². The molecule has 0 N–H and O–H groups in total. The molecule has 1 heteroatoms. The molecule has 0 aromatic carbocycles. The molecule has 0 aliphatic heterocycles. The molecule has 0 amide bonds. The zero-order valence-corrected chi connectivity index (χ0v) is 6.74. The molecule has 0 radical (unpaired) electrons. The van der Waals surface area contributed by atoms with E-state index in [-0.39, 0.29) is 0 Å². The van der Waals surface area contributed by atoms with Crippen LogP contribution >= 0.6 is 0 Å². The first-order valence-corrected chi connectivity index (χ1v) is 3.72. The van der Waals surface area contributed by atoms with Gasteiger partial charge in [-0.05, 0) is 13.3 Å². The van der Waals surface area contributed by atoms with Gasteiger partial charge in [-0.15, -0.1) is 11.8 Å². The molecule has 10 heavy (non-hydrogen) atoms. The summed E-state index contributed by atoms with van der Waals surface area (Å²) in [6.07, 6.45) is 3.04. The van der Waals surface area contributed by atoms with E-state index in [1.54, 1.807) is 6.92 Å². The predicted molar refractivity (Wildman–Crippen MR) is 42.6 cm³/mol. The predicted octanol–water partition coefficient (Wildman–Crippen LogP) is 2.16. The molecule has 0 aliphatic rings. The third kappa shape index (κ3) is 5.37. The molecule has 0 bridgehead atoms. The second kappa shape index (κ2) is 6.35. The largest absolute Gasteiger partial charge is 0.300 e. The Morgan fingerprint density at radius 1 is 1.40 bits per heavy atom. The molecule has 0 rings (SSSR count). The summed E-state index contributed by atoms with van der Waals surface area (Å²) in [6.45, 7) is 3.81. The third-order valence-corrected chi connectivity index (χ3v) is 1.23. The number of Topliss-reactive ketones (excluding diaryl/α,β-unsaturated/α-hetero) is 1. The second-order valence-corrected chi connectivity index (χ2v) is 2.22. The highest BCUT2D eigenvalue weighted by molar-refractivity contribution is 5.78. The van der Waals surface area contributed by atoms with Gasteiger partial charge in [-0.2, -0.15) is 0 Å². The van der Waals surface area contributed by atoms with Gasteiger partial charge in [0, 0.05) is 19.3 Å². The summed E-state index contributed by atoms with van der Waals surface area (Å²) in [4.78, 5) is 10.9. The Bertz CT molecular complexity index is 148. The van der Waals surface area contributed by atoms with Crippen molar-refractivity contribution >= 4 is 5.78 Å². The van der Waals surface area contributed by atoms with Gasteiger partial charge < -0.3 is 0 Å². The summed E-state index contributed by atoms with van der Waals surface area (Å²) in [5.41, 5.74) is 0. The number of rotatable bonds is 4. The van der Waals surface area contributed by atoms with E-state index in [1.165, 1.54) is 0 Å². The Labute approximate surface area is 62.8 Å². The van der Waals surface area contributed by atoms with Gasteiger partial charge in [-0.25, -0.2) is 0 Å². The molecule has 0 aromatic rings. The van der Waals surface area contributed by atoms with Gasteiger partial charge in [0.05, 0.1) is 0 Å². The van der Waals surface area contributed by atoms with Gasteiger partial charge in [0.2, 0.25) is 0 Å². The van der Waals surface area contributed by atoms with Crippen molar-refractivity contribution < 1.29 is 4.79 Å². The van der Waals surface area contributed by atoms with Gasteiger partial charge in [-0.3, -0.25) is 4.79 Å². The first-order valence-electron chi connectivity index (χ1n) is 3.72. The number of hydrogen-bond acceptors (Lipinski definition) is 1. The lowest BCUT2D eigenvalue weighted by molar-refractivity contribution is -0.119. The molecule has 0 heterocycles. The van der Waals surface area contributed by atoms with Crippen molar-refractivity contribution in [3.05, 3.63) is 0 Å². The van der Waals surface area contributed by atoms with Crippen molar-refractivity contribution in [2.24, 2.45) is 0 Å². The molecule has 0 atom stereocenters. The number of hydrogen-bond donors (Lipinski definition) is 0. The van der Waals surface area contributed by atoms with Crippen LogP contribution in [0.15, 0.2) is 0 Å². The van der Waals surface area contributed by atoms with E-state index in [1.807, 2.05) is 6.92 Å². The van der Waals surface area contributed by atoms with E-state index >= 15 is 0 Å². The van der Waals surface area contributed by atoms with Gasteiger partial charge in [0.25, 0.3) is 0 Å². The van der Waals surface area contributed by atoms with Gasteiger partial charge >= 0.3 is 0 Å². The maximum absolute atomic E-state index is 10.9. The normalized spacial score (nSPS) is 8.20. The number of ketones is 1. The van der Waals surface area contributed by atoms with Crippen molar-refractivity contribution in [3.63, 3.8) is 0 Å². The van der Waals surface area contributed by atoms with E-state index in [4.69, 9.17) is 0 Å². The van der Waals surface area contributed by atoms with Crippen LogP contribution in [-0.4, -0.2) is 5.78 Å². The third-order valence-electron chi connectivity index (χ3n) is 1.23. The standard InChI is InChI=1S/C9H14O/c1-3-5-6-8-9(10)7-4-2/h4,6-8H2,1-2H3. The fourth-order valence-corrected chi connectivity index (χ4v) is 0.731. The zero-order chi connectivity index (χ0) is 7.82. The summed E-state index contributed by atoms with van der Waals surface area (Å²) in [6, 6.07) is 0. The number of carbonyl (C=O) groups is 1. The zero-order valence-electron chi connectivity index (χ0n) is 6.74. The van der Waals surface area contributed by atoms with Crippen LogP contribution in [0.1, 0.15) is 39.5 Å². The Hall–Kier alpha value is -0.770. The van der Waals surface area contributed by atoms with Crippen LogP contribution in [0.4, 0.5) is 0 Å². The average molecular weight is 138 g/mol. The molecule has 0 saturated heterocycles. The smallest absolute Gasteiger partial charge is 0.133 e. The summed E-state index contributed by atoms with van der Waals surface area (Å²) in [5.74, 6) is 5.97. The van der Waals surface area contributed by atoms with Crippen LogP contribution in [0, 0.1) is 11.8 Å². The first kappa shape index (κ1) is 9.23. The number of carbonyl (C=O) groups excluding carboxylic acids is 1. The molecule has 0 spiro atoms. The highest BCUT2D eigenvalue weighted by atomic mass is 16.1. The summed E-state index contributed by atoms with van der Waals surface area (Å²) < 4.78 is 0. The highest BCUT2D eigenvalue weighted by Gasteiger charge is 1.96. The Kier molecular flexibility index (Phi) is 5.86. The van der Waals surface area contributed by atoms with Crippen LogP contribution in [0.25, 0.3) is 0 Å². The van der Waals surface area contributed by atoms with Crippen molar-refractivity contribution in [2.75, 3.05) is 0 Å². The van der Waals surface area contributed by atoms with Crippen LogP contribution in [0.5, 0.6) is 0 Å². The lowest BCUT2D eigenvalue weighted by Gasteiger charge is -1.91. The average Bonchev–Trinajstić information content (AvgIpc) is 1.89. The maximum atomic E-state index is 10.9. The van der Waals surface area contributed by atoms with Gasteiger partial charge in [0.15, 0.2) is 0 Å². The molecule has 0 aromatic heterocycles. The van der Waals surface area contributed by atoms with E-state index in [9.17, 15) is 4.79 Å². The molecule has 0 fully saturated rings. The van der Waals surface area contributed by atoms with Gasteiger partial charge in [0.1, 0.15) is 5.78 Å². The van der Waals surface area contributed by atoms with Gasteiger partial charge in [-0.1, -0.05) is 6.92 Å². The second-order valence-electron chi connectivity index (χ2n) is 2.22.